The summed E-state index contributed by atoms with van der Waals surface area (Å²) in [5.74, 6) is -1.11. The molecule has 1 N–H and O–H groups in total. The number of allylic oxidation sites excluding steroid dienone is 1. The molecular formula is C13H15NO2. The maximum Gasteiger partial charge on any atom is 0.231 e. The van der Waals surface area contributed by atoms with E-state index in [1.54, 1.807) is 30.3 Å². The Labute approximate surface area is 95.2 Å². The highest BCUT2D eigenvalue weighted by atomic mass is 16.2. The minimum absolute atomic E-state index is 0.167. The maximum absolute atomic E-state index is 12.0. The van der Waals surface area contributed by atoms with Crippen LogP contribution in [-0.2, 0) is 4.79 Å². The topological polar surface area (TPSA) is 46.2 Å². The van der Waals surface area contributed by atoms with Crippen LogP contribution in [0.15, 0.2) is 43.0 Å². The summed E-state index contributed by atoms with van der Waals surface area (Å²) in [7, 11) is 1.52. The third kappa shape index (κ3) is 2.79. The standard InChI is InChI=1S/C13H15NO2/c1-3-7-11(13(16)14-2)12(15)10-8-5-4-6-9-10/h3-6,8-9,11H,1,7H2,2H3,(H,14,16). The molecule has 3 heteroatoms. The van der Waals surface area contributed by atoms with Gasteiger partial charge in [0.1, 0.15) is 5.92 Å². The summed E-state index contributed by atoms with van der Waals surface area (Å²) in [6.07, 6.45) is 1.94. The molecule has 3 nitrogen and oxygen atoms in total. The lowest BCUT2D eigenvalue weighted by atomic mass is 9.94. The average Bonchev–Trinajstić information content (AvgIpc) is 2.35. The molecule has 0 fully saturated rings. The van der Waals surface area contributed by atoms with Gasteiger partial charge in [-0.05, 0) is 6.42 Å². The van der Waals surface area contributed by atoms with Gasteiger partial charge in [0, 0.05) is 12.6 Å². The highest BCUT2D eigenvalue weighted by molar-refractivity contribution is 6.10. The van der Waals surface area contributed by atoms with E-state index in [1.165, 1.54) is 7.05 Å². The fourth-order valence-electron chi connectivity index (χ4n) is 1.48. The van der Waals surface area contributed by atoms with Crippen molar-refractivity contribution < 1.29 is 9.59 Å². The Morgan fingerprint density at radius 1 is 1.38 bits per heavy atom. The molecule has 0 aliphatic carbocycles. The van der Waals surface area contributed by atoms with Gasteiger partial charge in [0.05, 0.1) is 0 Å². The second kappa shape index (κ2) is 5.85. The summed E-state index contributed by atoms with van der Waals surface area (Å²) in [4.78, 5) is 23.6. The Bertz CT molecular complexity index is 384. The second-order valence-electron chi connectivity index (χ2n) is 3.42. The van der Waals surface area contributed by atoms with Gasteiger partial charge in [-0.1, -0.05) is 36.4 Å². The zero-order valence-electron chi connectivity index (χ0n) is 9.27. The summed E-state index contributed by atoms with van der Waals surface area (Å²) in [6, 6.07) is 8.81. The van der Waals surface area contributed by atoms with E-state index in [2.05, 4.69) is 11.9 Å². The zero-order valence-corrected chi connectivity index (χ0v) is 9.27. The van der Waals surface area contributed by atoms with E-state index >= 15 is 0 Å². The van der Waals surface area contributed by atoms with Crippen LogP contribution in [0.5, 0.6) is 0 Å². The Morgan fingerprint density at radius 3 is 2.50 bits per heavy atom. The molecule has 0 spiro atoms. The van der Waals surface area contributed by atoms with E-state index in [0.29, 0.717) is 12.0 Å². The highest BCUT2D eigenvalue weighted by Crippen LogP contribution is 2.13. The smallest absolute Gasteiger partial charge is 0.231 e. The number of ketones is 1. The molecule has 0 bridgehead atoms. The van der Waals surface area contributed by atoms with Crippen LogP contribution in [0.3, 0.4) is 0 Å². The minimum Gasteiger partial charge on any atom is -0.359 e. The number of hydrogen-bond acceptors (Lipinski definition) is 2. The number of rotatable bonds is 5. The molecule has 1 aromatic rings. The molecule has 84 valence electrons. The third-order valence-corrected chi connectivity index (χ3v) is 2.34. The quantitative estimate of drug-likeness (QED) is 0.464. The predicted octanol–water partition coefficient (Wildman–Crippen LogP) is 1.81. The van der Waals surface area contributed by atoms with Gasteiger partial charge in [-0.25, -0.2) is 0 Å². The van der Waals surface area contributed by atoms with E-state index in [1.807, 2.05) is 6.07 Å². The molecule has 1 aromatic carbocycles. The van der Waals surface area contributed by atoms with Crippen LogP contribution in [0, 0.1) is 5.92 Å². The van der Waals surface area contributed by atoms with Crippen molar-refractivity contribution in [3.8, 4) is 0 Å². The largest absolute Gasteiger partial charge is 0.359 e. The SMILES string of the molecule is C=CCC(C(=O)NC)C(=O)c1ccccc1. The Morgan fingerprint density at radius 2 is 2.00 bits per heavy atom. The highest BCUT2D eigenvalue weighted by Gasteiger charge is 2.25. The molecule has 16 heavy (non-hydrogen) atoms. The number of carbonyl (C=O) groups is 2. The number of nitrogens with one attached hydrogen (secondary N) is 1. The molecule has 1 atom stereocenters. The summed E-state index contributed by atoms with van der Waals surface area (Å²) in [5.41, 5.74) is 0.554. The summed E-state index contributed by atoms with van der Waals surface area (Å²) in [6.45, 7) is 3.56. The number of benzene rings is 1. The fourth-order valence-corrected chi connectivity index (χ4v) is 1.48. The second-order valence-corrected chi connectivity index (χ2v) is 3.42. The normalized spacial score (nSPS) is 11.6. The summed E-state index contributed by atoms with van der Waals surface area (Å²) < 4.78 is 0. The Balaban J connectivity index is 2.91. The third-order valence-electron chi connectivity index (χ3n) is 2.34. The van der Waals surface area contributed by atoms with Crippen molar-refractivity contribution in [2.75, 3.05) is 7.05 Å². The van der Waals surface area contributed by atoms with Gasteiger partial charge in [-0.15, -0.1) is 6.58 Å². The molecule has 0 saturated carbocycles. The first-order chi connectivity index (χ1) is 7.70. The molecule has 1 unspecified atom stereocenters. The van der Waals surface area contributed by atoms with Crippen LogP contribution in [0.4, 0.5) is 0 Å². The molecule has 0 aromatic heterocycles. The molecule has 0 saturated heterocycles. The zero-order chi connectivity index (χ0) is 12.0. The van der Waals surface area contributed by atoms with Crippen LogP contribution in [-0.4, -0.2) is 18.7 Å². The van der Waals surface area contributed by atoms with E-state index in [4.69, 9.17) is 0 Å². The van der Waals surface area contributed by atoms with E-state index in [0.717, 1.165) is 0 Å². The number of amides is 1. The van der Waals surface area contributed by atoms with Gasteiger partial charge < -0.3 is 5.32 Å². The first-order valence-electron chi connectivity index (χ1n) is 5.12. The average molecular weight is 217 g/mol. The summed E-state index contributed by atoms with van der Waals surface area (Å²) in [5, 5.41) is 2.49. The van der Waals surface area contributed by atoms with Crippen molar-refractivity contribution in [3.63, 3.8) is 0 Å². The Hall–Kier alpha value is -1.90. The molecule has 0 radical (unpaired) electrons. The molecular weight excluding hydrogens is 202 g/mol. The fraction of sp³-hybridized carbons (Fsp3) is 0.231. The molecule has 0 aliphatic rings. The Kier molecular flexibility index (Phi) is 4.45. The molecule has 1 amide bonds. The molecule has 1 rings (SSSR count). The number of Topliss-reactive ketones (excluding diaryl/α,β-unsaturated/α-hetero) is 1. The lowest BCUT2D eigenvalue weighted by Gasteiger charge is -2.12. The van der Waals surface area contributed by atoms with Crippen LogP contribution in [0.1, 0.15) is 16.8 Å². The monoisotopic (exact) mass is 217 g/mol. The van der Waals surface area contributed by atoms with E-state index in [-0.39, 0.29) is 11.7 Å². The van der Waals surface area contributed by atoms with Gasteiger partial charge in [0.15, 0.2) is 5.78 Å². The predicted molar refractivity (Wildman–Crippen MR) is 63.1 cm³/mol. The van der Waals surface area contributed by atoms with Crippen molar-refractivity contribution in [2.24, 2.45) is 5.92 Å². The van der Waals surface area contributed by atoms with Gasteiger partial charge >= 0.3 is 0 Å². The van der Waals surface area contributed by atoms with Crippen molar-refractivity contribution in [1.29, 1.82) is 0 Å². The number of hydrogen-bond donors (Lipinski definition) is 1. The molecule has 0 heterocycles. The first-order valence-corrected chi connectivity index (χ1v) is 5.12. The lowest BCUT2D eigenvalue weighted by Crippen LogP contribution is -2.32. The van der Waals surface area contributed by atoms with Crippen molar-refractivity contribution >= 4 is 11.7 Å². The van der Waals surface area contributed by atoms with Crippen LogP contribution in [0.25, 0.3) is 0 Å². The maximum atomic E-state index is 12.0. The minimum atomic E-state index is -0.676. The van der Waals surface area contributed by atoms with Gasteiger partial charge in [0.25, 0.3) is 0 Å². The van der Waals surface area contributed by atoms with Crippen LogP contribution in [0.2, 0.25) is 0 Å². The van der Waals surface area contributed by atoms with Crippen LogP contribution >= 0.6 is 0 Å². The van der Waals surface area contributed by atoms with Gasteiger partial charge in [-0.3, -0.25) is 9.59 Å². The van der Waals surface area contributed by atoms with Gasteiger partial charge in [-0.2, -0.15) is 0 Å². The van der Waals surface area contributed by atoms with Gasteiger partial charge in [0.2, 0.25) is 5.91 Å². The number of carbonyl (C=O) groups excluding carboxylic acids is 2. The summed E-state index contributed by atoms with van der Waals surface area (Å²) >= 11 is 0. The molecule has 0 aliphatic heterocycles. The van der Waals surface area contributed by atoms with E-state index < -0.39 is 5.92 Å². The van der Waals surface area contributed by atoms with Crippen molar-refractivity contribution in [1.82, 2.24) is 5.32 Å². The van der Waals surface area contributed by atoms with E-state index in [9.17, 15) is 9.59 Å². The van der Waals surface area contributed by atoms with Crippen molar-refractivity contribution in [2.45, 2.75) is 6.42 Å². The first kappa shape index (κ1) is 12.2. The van der Waals surface area contributed by atoms with Crippen LogP contribution < -0.4 is 5.32 Å². The van der Waals surface area contributed by atoms with Crippen molar-refractivity contribution in [3.05, 3.63) is 48.6 Å². The lowest BCUT2D eigenvalue weighted by molar-refractivity contribution is -0.123.